The van der Waals surface area contributed by atoms with Crippen LogP contribution in [-0.4, -0.2) is 44.7 Å². The van der Waals surface area contributed by atoms with Gasteiger partial charge in [0.25, 0.3) is 0 Å². The Bertz CT molecular complexity index is 273. The van der Waals surface area contributed by atoms with Gasteiger partial charge in [0.05, 0.1) is 12.0 Å². The van der Waals surface area contributed by atoms with Gasteiger partial charge < -0.3 is 10.2 Å². The van der Waals surface area contributed by atoms with Gasteiger partial charge in [-0.25, -0.2) is 13.2 Å². The van der Waals surface area contributed by atoms with Crippen LogP contribution in [0.1, 0.15) is 0 Å². The van der Waals surface area contributed by atoms with Crippen molar-refractivity contribution in [3.05, 3.63) is 6.26 Å². The van der Waals surface area contributed by atoms with Crippen LogP contribution in [0.5, 0.6) is 0 Å². The zero-order valence-electron chi connectivity index (χ0n) is 6.62. The maximum absolute atomic E-state index is 10.9. The summed E-state index contributed by atoms with van der Waals surface area (Å²) in [5, 5.41) is 2.58. The number of carbonyl (C=O) groups is 1. The third-order valence-electron chi connectivity index (χ3n) is 1.62. The summed E-state index contributed by atoms with van der Waals surface area (Å²) in [5.74, 6) is -0.0690. The van der Waals surface area contributed by atoms with Gasteiger partial charge in [-0.1, -0.05) is 0 Å². The largest absolute Gasteiger partial charge is 0.336 e. The first-order valence-electron chi connectivity index (χ1n) is 3.57. The van der Waals surface area contributed by atoms with Gasteiger partial charge in [0.15, 0.2) is 9.84 Å². The summed E-state index contributed by atoms with van der Waals surface area (Å²) in [4.78, 5) is 12.4. The van der Waals surface area contributed by atoms with E-state index in [1.807, 2.05) is 0 Å². The summed E-state index contributed by atoms with van der Waals surface area (Å²) in [7, 11) is -3.21. The van der Waals surface area contributed by atoms with Gasteiger partial charge in [-0.3, -0.25) is 0 Å². The Labute approximate surface area is 71.7 Å². The molecule has 0 aliphatic carbocycles. The monoisotopic (exact) mass is 191 g/mol. The van der Waals surface area contributed by atoms with Gasteiger partial charge in [-0.05, 0) is 0 Å². The highest BCUT2D eigenvalue weighted by Gasteiger charge is 2.19. The van der Waals surface area contributed by atoms with Crippen LogP contribution in [-0.2, 0) is 9.84 Å². The minimum absolute atomic E-state index is 0.0690. The highest BCUT2D eigenvalue weighted by molar-refractivity contribution is 7.92. The SMILES string of the molecule is [CH2]S(=O)(=O)CCN1CCNC1=O. The molecule has 1 radical (unpaired) electrons. The van der Waals surface area contributed by atoms with Gasteiger partial charge in [-0.15, -0.1) is 0 Å². The number of carbonyl (C=O) groups excluding carboxylic acids is 1. The molecule has 1 aliphatic rings. The molecule has 0 atom stereocenters. The van der Waals surface area contributed by atoms with Crippen LogP contribution in [0.4, 0.5) is 4.79 Å². The number of hydrogen-bond acceptors (Lipinski definition) is 3. The predicted molar refractivity (Wildman–Crippen MR) is 44.1 cm³/mol. The molecule has 5 nitrogen and oxygen atoms in total. The average molecular weight is 191 g/mol. The number of rotatable bonds is 3. The molecule has 0 spiro atoms. The lowest BCUT2D eigenvalue weighted by Gasteiger charge is -2.12. The lowest BCUT2D eigenvalue weighted by atomic mass is 10.6. The average Bonchev–Trinajstić information content (AvgIpc) is 2.29. The fraction of sp³-hybridized carbons (Fsp3) is 0.667. The topological polar surface area (TPSA) is 66.5 Å². The first-order chi connectivity index (χ1) is 5.49. The molecule has 69 valence electrons. The summed E-state index contributed by atoms with van der Waals surface area (Å²) >= 11 is 0. The number of nitrogens with zero attached hydrogens (tertiary/aromatic N) is 1. The second-order valence-corrected chi connectivity index (χ2v) is 4.56. The molecule has 6 heteroatoms. The summed E-state index contributed by atoms with van der Waals surface area (Å²) in [6.45, 7) is 1.40. The van der Waals surface area contributed by atoms with Gasteiger partial charge in [-0.2, -0.15) is 0 Å². The Kier molecular flexibility index (Phi) is 2.56. The van der Waals surface area contributed by atoms with E-state index in [0.29, 0.717) is 13.1 Å². The third-order valence-corrected chi connectivity index (χ3v) is 2.42. The molecule has 0 saturated carbocycles. The number of sulfone groups is 1. The van der Waals surface area contributed by atoms with Crippen molar-refractivity contribution >= 4 is 15.9 Å². The van der Waals surface area contributed by atoms with Crippen molar-refractivity contribution in [1.29, 1.82) is 0 Å². The van der Waals surface area contributed by atoms with Crippen molar-refractivity contribution in [3.63, 3.8) is 0 Å². The van der Waals surface area contributed by atoms with Crippen molar-refractivity contribution in [2.45, 2.75) is 0 Å². The van der Waals surface area contributed by atoms with Crippen molar-refractivity contribution in [2.75, 3.05) is 25.4 Å². The van der Waals surface area contributed by atoms with Crippen LogP contribution in [0.2, 0.25) is 0 Å². The molecule has 0 unspecified atom stereocenters. The van der Waals surface area contributed by atoms with E-state index in [2.05, 4.69) is 11.6 Å². The number of amides is 2. The van der Waals surface area contributed by atoms with Crippen LogP contribution >= 0.6 is 0 Å². The standard InChI is InChI=1S/C6H11N2O3S/c1-12(10,11)5-4-8-3-2-7-6(8)9/h1-5H2,(H,7,9). The van der Waals surface area contributed by atoms with Crippen LogP contribution in [0.3, 0.4) is 0 Å². The highest BCUT2D eigenvalue weighted by Crippen LogP contribution is 1.97. The molecule has 0 aromatic rings. The van der Waals surface area contributed by atoms with E-state index >= 15 is 0 Å². The summed E-state index contributed by atoms with van der Waals surface area (Å²) < 4.78 is 21.3. The Morgan fingerprint density at radius 1 is 1.58 bits per heavy atom. The minimum atomic E-state index is -3.21. The lowest BCUT2D eigenvalue weighted by Crippen LogP contribution is -2.32. The van der Waals surface area contributed by atoms with Crippen molar-refractivity contribution in [1.82, 2.24) is 10.2 Å². The molecule has 12 heavy (non-hydrogen) atoms. The molecule has 1 heterocycles. The summed E-state index contributed by atoms with van der Waals surface area (Å²) in [6.07, 6.45) is 2.97. The molecular formula is C6H11N2O3S. The number of hydrogen-bond donors (Lipinski definition) is 1. The molecule has 0 bridgehead atoms. The van der Waals surface area contributed by atoms with Crippen molar-refractivity contribution < 1.29 is 13.2 Å². The van der Waals surface area contributed by atoms with E-state index in [4.69, 9.17) is 0 Å². The zero-order valence-corrected chi connectivity index (χ0v) is 7.43. The molecule has 1 saturated heterocycles. The van der Waals surface area contributed by atoms with Crippen molar-refractivity contribution in [2.24, 2.45) is 0 Å². The zero-order chi connectivity index (χ0) is 9.19. The van der Waals surface area contributed by atoms with E-state index in [0.717, 1.165) is 0 Å². The van der Waals surface area contributed by atoms with Crippen molar-refractivity contribution in [3.8, 4) is 0 Å². The molecule has 1 rings (SSSR count). The van der Waals surface area contributed by atoms with Crippen LogP contribution in [0.15, 0.2) is 0 Å². The molecule has 0 aromatic carbocycles. The van der Waals surface area contributed by atoms with Gasteiger partial charge in [0, 0.05) is 19.6 Å². The predicted octanol–water partition coefficient (Wildman–Crippen LogP) is -0.782. The molecule has 2 amide bonds. The normalized spacial score (nSPS) is 18.1. The lowest BCUT2D eigenvalue weighted by molar-refractivity contribution is 0.220. The maximum Gasteiger partial charge on any atom is 0.317 e. The molecule has 1 N–H and O–H groups in total. The maximum atomic E-state index is 10.9. The molecule has 0 aromatic heterocycles. The second kappa shape index (κ2) is 3.30. The fourth-order valence-corrected chi connectivity index (χ4v) is 1.47. The second-order valence-electron chi connectivity index (χ2n) is 2.67. The van der Waals surface area contributed by atoms with E-state index in [1.54, 1.807) is 0 Å². The Morgan fingerprint density at radius 2 is 2.25 bits per heavy atom. The van der Waals surface area contributed by atoms with Crippen LogP contribution in [0.25, 0.3) is 0 Å². The first-order valence-corrected chi connectivity index (χ1v) is 5.40. The molecule has 1 fully saturated rings. The number of nitrogens with one attached hydrogen (secondary N) is 1. The summed E-state index contributed by atoms with van der Waals surface area (Å²) in [6, 6.07) is -0.196. The van der Waals surface area contributed by atoms with E-state index in [9.17, 15) is 13.2 Å². The minimum Gasteiger partial charge on any atom is -0.336 e. The fourth-order valence-electron chi connectivity index (χ4n) is 0.974. The quantitative estimate of drug-likeness (QED) is 0.636. The smallest absolute Gasteiger partial charge is 0.317 e. The number of urea groups is 1. The third kappa shape index (κ3) is 2.69. The van der Waals surface area contributed by atoms with Crippen LogP contribution in [0, 0.1) is 6.26 Å². The van der Waals surface area contributed by atoms with Gasteiger partial charge in [0.1, 0.15) is 0 Å². The Balaban J connectivity index is 2.37. The highest BCUT2D eigenvalue weighted by atomic mass is 32.2. The molecule has 1 aliphatic heterocycles. The molecular weight excluding hydrogens is 180 g/mol. The Hall–Kier alpha value is -0.780. The first kappa shape index (κ1) is 9.31. The summed E-state index contributed by atoms with van der Waals surface area (Å²) in [5.41, 5.74) is 0. The van der Waals surface area contributed by atoms with E-state index in [1.165, 1.54) is 4.90 Å². The van der Waals surface area contributed by atoms with Crippen LogP contribution < -0.4 is 5.32 Å². The van der Waals surface area contributed by atoms with Gasteiger partial charge in [0.2, 0.25) is 0 Å². The van der Waals surface area contributed by atoms with Gasteiger partial charge >= 0.3 is 6.03 Å². The van der Waals surface area contributed by atoms with E-state index < -0.39 is 9.84 Å². The Morgan fingerprint density at radius 3 is 2.67 bits per heavy atom. The van der Waals surface area contributed by atoms with E-state index in [-0.39, 0.29) is 18.3 Å².